The number of rotatable bonds is 7. The molecule has 0 spiro atoms. The fourth-order valence-electron chi connectivity index (χ4n) is 3.60. The van der Waals surface area contributed by atoms with Gasteiger partial charge in [0, 0.05) is 30.0 Å². The quantitative estimate of drug-likeness (QED) is 0.465. The Bertz CT molecular complexity index is 912. The number of nitrogens with one attached hydrogen (secondary N) is 2. The van der Waals surface area contributed by atoms with Crippen molar-refractivity contribution < 1.29 is 14.3 Å². The van der Waals surface area contributed by atoms with E-state index in [9.17, 15) is 9.59 Å². The number of hydrogen-bond donors (Lipinski definition) is 3. The van der Waals surface area contributed by atoms with E-state index in [1.54, 1.807) is 6.92 Å². The minimum atomic E-state index is -0.474. The molecule has 0 radical (unpaired) electrons. The van der Waals surface area contributed by atoms with Gasteiger partial charge < -0.3 is 15.5 Å². The third-order valence-corrected chi connectivity index (χ3v) is 5.12. The summed E-state index contributed by atoms with van der Waals surface area (Å²) in [6.45, 7) is 12.0. The summed E-state index contributed by atoms with van der Waals surface area (Å²) >= 11 is 0. The molecule has 2 aromatic heterocycles. The lowest BCUT2D eigenvalue weighted by Crippen LogP contribution is -1.99. The highest BCUT2D eigenvalue weighted by Gasteiger charge is 2.62. The molecule has 1 fully saturated rings. The third-order valence-electron chi connectivity index (χ3n) is 5.12. The molecule has 9 heteroatoms. The Morgan fingerprint density at radius 2 is 1.90 bits per heavy atom. The fraction of sp³-hybridized carbons (Fsp3) is 0.571. The Labute approximate surface area is 176 Å². The molecule has 0 amide bonds. The molecule has 4 N–H and O–H groups in total. The van der Waals surface area contributed by atoms with Gasteiger partial charge in [-0.2, -0.15) is 5.10 Å². The van der Waals surface area contributed by atoms with Crippen LogP contribution in [0.15, 0.2) is 12.2 Å². The summed E-state index contributed by atoms with van der Waals surface area (Å²) in [7, 11) is 0. The Hall–Kier alpha value is -2.97. The minimum Gasteiger partial charge on any atom is -0.463 e. The molecule has 0 aromatic carbocycles. The molecule has 2 heterocycles. The van der Waals surface area contributed by atoms with Crippen molar-refractivity contribution in [1.82, 2.24) is 25.1 Å². The van der Waals surface area contributed by atoms with Crippen molar-refractivity contribution in [2.75, 3.05) is 12.3 Å². The summed E-state index contributed by atoms with van der Waals surface area (Å²) in [4.78, 5) is 32.9. The molecule has 0 aliphatic heterocycles. The largest absolute Gasteiger partial charge is 0.463 e. The smallest absolute Gasteiger partial charge is 0.330 e. The second-order valence-electron chi connectivity index (χ2n) is 8.00. The molecule has 0 saturated heterocycles. The highest BCUT2D eigenvalue weighted by atomic mass is 16.5. The molecule has 9 nitrogen and oxygen atoms in total. The van der Waals surface area contributed by atoms with Crippen LogP contribution >= 0.6 is 0 Å². The van der Waals surface area contributed by atoms with Crippen LogP contribution < -0.4 is 5.73 Å². The number of carbonyl (C=O) groups excluding carboxylic acids is 2. The van der Waals surface area contributed by atoms with Crippen LogP contribution in [0.4, 0.5) is 5.95 Å². The van der Waals surface area contributed by atoms with Crippen LogP contribution in [0.25, 0.3) is 0 Å². The lowest BCUT2D eigenvalue weighted by atomic mass is 10.1. The number of allylic oxidation sites excluding steroid dienone is 1. The van der Waals surface area contributed by atoms with Gasteiger partial charge >= 0.3 is 5.97 Å². The van der Waals surface area contributed by atoms with Crippen LogP contribution in [0, 0.1) is 12.3 Å². The van der Waals surface area contributed by atoms with Crippen LogP contribution in [-0.4, -0.2) is 43.5 Å². The number of anilines is 1. The van der Waals surface area contributed by atoms with Crippen molar-refractivity contribution >= 4 is 17.7 Å². The van der Waals surface area contributed by atoms with Crippen LogP contribution in [0.1, 0.15) is 75.9 Å². The maximum Gasteiger partial charge on any atom is 0.330 e. The molecule has 2 atom stereocenters. The Morgan fingerprint density at radius 3 is 2.43 bits per heavy atom. The summed E-state index contributed by atoms with van der Waals surface area (Å²) in [6, 6.07) is 0. The van der Waals surface area contributed by atoms with Gasteiger partial charge in [-0.05, 0) is 38.7 Å². The number of aromatic amines is 2. The average molecular weight is 417 g/mol. The van der Waals surface area contributed by atoms with Crippen molar-refractivity contribution in [2.45, 2.75) is 66.2 Å². The summed E-state index contributed by atoms with van der Waals surface area (Å²) < 4.78 is 4.51. The van der Waals surface area contributed by atoms with Gasteiger partial charge in [-0.25, -0.2) is 14.8 Å². The number of imidazole rings is 1. The van der Waals surface area contributed by atoms with Gasteiger partial charge in [0.25, 0.3) is 0 Å². The van der Waals surface area contributed by atoms with Gasteiger partial charge in [-0.3, -0.25) is 9.89 Å². The van der Waals surface area contributed by atoms with Crippen LogP contribution in [0.3, 0.4) is 0 Å². The first-order valence-corrected chi connectivity index (χ1v) is 10.2. The van der Waals surface area contributed by atoms with Crippen molar-refractivity contribution in [3.63, 3.8) is 0 Å². The molecule has 30 heavy (non-hydrogen) atoms. The van der Waals surface area contributed by atoms with Crippen LogP contribution in [0.5, 0.6) is 0 Å². The zero-order valence-electron chi connectivity index (χ0n) is 18.6. The number of esters is 1. The Balaban J connectivity index is 0.000000274. The van der Waals surface area contributed by atoms with E-state index in [-0.39, 0.29) is 11.2 Å². The normalized spacial score (nSPS) is 19.3. The highest BCUT2D eigenvalue weighted by Crippen LogP contribution is 2.69. The number of ether oxygens (including phenoxy) is 1. The number of nitrogens with two attached hydrogens (primary N) is 1. The van der Waals surface area contributed by atoms with E-state index in [0.717, 1.165) is 42.0 Å². The first kappa shape index (κ1) is 23.3. The minimum absolute atomic E-state index is 0.123. The molecule has 2 aromatic rings. The van der Waals surface area contributed by atoms with E-state index in [2.05, 4.69) is 50.7 Å². The monoisotopic (exact) mass is 416 g/mol. The zero-order chi connectivity index (χ0) is 22.5. The fourth-order valence-corrected chi connectivity index (χ4v) is 3.60. The van der Waals surface area contributed by atoms with Gasteiger partial charge in [0.15, 0.2) is 17.6 Å². The van der Waals surface area contributed by atoms with Gasteiger partial charge in [-0.1, -0.05) is 20.8 Å². The van der Waals surface area contributed by atoms with Crippen LogP contribution in [-0.2, 0) is 20.7 Å². The van der Waals surface area contributed by atoms with Gasteiger partial charge in [0.2, 0.25) is 0 Å². The van der Waals surface area contributed by atoms with E-state index in [1.165, 1.54) is 13.0 Å². The lowest BCUT2D eigenvalue weighted by molar-refractivity contribution is -0.137. The Morgan fingerprint density at radius 1 is 1.20 bits per heavy atom. The summed E-state index contributed by atoms with van der Waals surface area (Å²) in [5.74, 6) is 2.38. The number of aryl methyl sites for hydroxylation is 2. The number of hydrogen-bond acceptors (Lipinski definition) is 7. The molecule has 1 saturated carbocycles. The second kappa shape index (κ2) is 9.69. The maximum absolute atomic E-state index is 10.5. The molecule has 0 bridgehead atoms. The molecule has 3 rings (SSSR count). The number of carbonyl (C=O) groups is 2. The van der Waals surface area contributed by atoms with E-state index in [4.69, 9.17) is 5.73 Å². The summed E-state index contributed by atoms with van der Waals surface area (Å²) in [6.07, 6.45) is 4.31. The Kier molecular flexibility index (Phi) is 7.53. The highest BCUT2D eigenvalue weighted by molar-refractivity contribution is 5.94. The van der Waals surface area contributed by atoms with Gasteiger partial charge in [0.1, 0.15) is 5.82 Å². The van der Waals surface area contributed by atoms with E-state index in [1.807, 2.05) is 6.92 Å². The predicted molar refractivity (Wildman–Crippen MR) is 114 cm³/mol. The molecule has 0 unspecified atom stereocenters. The van der Waals surface area contributed by atoms with Crippen molar-refractivity contribution in [2.24, 2.45) is 5.41 Å². The van der Waals surface area contributed by atoms with Crippen molar-refractivity contribution in [3.8, 4) is 0 Å². The van der Waals surface area contributed by atoms with Gasteiger partial charge in [0.05, 0.1) is 12.3 Å². The number of aromatic nitrogens is 5. The lowest BCUT2D eigenvalue weighted by Gasteiger charge is -1.99. The molecule has 1 aliphatic carbocycles. The molecular weight excluding hydrogens is 384 g/mol. The van der Waals surface area contributed by atoms with E-state index in [0.29, 0.717) is 24.4 Å². The van der Waals surface area contributed by atoms with E-state index >= 15 is 0 Å². The van der Waals surface area contributed by atoms with Crippen molar-refractivity contribution in [1.29, 1.82) is 0 Å². The number of nitrogens with zero attached hydrogens (tertiary/aromatic N) is 3. The second-order valence-corrected chi connectivity index (χ2v) is 8.00. The first-order chi connectivity index (χ1) is 14.1. The number of ketones is 1. The summed E-state index contributed by atoms with van der Waals surface area (Å²) in [5.41, 5.74) is 7.98. The molecule has 1 aliphatic rings. The predicted octanol–water partition coefficient (Wildman–Crippen LogP) is 2.97. The van der Waals surface area contributed by atoms with Crippen molar-refractivity contribution in [3.05, 3.63) is 35.2 Å². The third kappa shape index (κ3) is 5.55. The summed E-state index contributed by atoms with van der Waals surface area (Å²) in [5, 5.41) is 7.44. The first-order valence-electron chi connectivity index (χ1n) is 10.2. The average Bonchev–Trinajstić information content (AvgIpc) is 2.96. The van der Waals surface area contributed by atoms with E-state index < -0.39 is 5.97 Å². The SMILES string of the molecule is CCCc1nc([C@@H]2[C@@H](c3nc(N)[nH]c3C)C2(C)C)n[nH]1.CCOC(=O)/C=C/C(C)=O. The standard InChI is InChI=1S/C14H22N6.C7H10O3/c1-5-6-8-17-12(20-19-8)10-9(14(10,3)4)11-7(2)16-13(15)18-11;1-3-10-7(9)5-4-6(2)8/h9-10H,5-6H2,1-4H3,(H3,15,16,18)(H,17,19,20);4-5H,3H2,1-2H3/b;5-4+/t9-,10-;/m0./s1. The molecular formula is C21H32N6O3. The zero-order valence-corrected chi connectivity index (χ0v) is 18.6. The van der Waals surface area contributed by atoms with Gasteiger partial charge in [-0.15, -0.1) is 0 Å². The molecule has 164 valence electrons. The number of H-pyrrole nitrogens is 2. The topological polar surface area (TPSA) is 140 Å². The number of nitrogen functional groups attached to an aromatic ring is 1. The van der Waals surface area contributed by atoms with Crippen LogP contribution in [0.2, 0.25) is 0 Å². The maximum atomic E-state index is 10.5.